The second-order valence-electron chi connectivity index (χ2n) is 22.4. The Labute approximate surface area is 469 Å². The molecule has 0 saturated heterocycles. The molecule has 0 amide bonds. The Morgan fingerprint density at radius 1 is 0.532 bits per heavy atom. The van der Waals surface area contributed by atoms with Crippen LogP contribution in [0.15, 0.2) is 210 Å². The van der Waals surface area contributed by atoms with Crippen molar-refractivity contribution in [3.63, 3.8) is 0 Å². The summed E-state index contributed by atoms with van der Waals surface area (Å²) in [6.45, 7) is 11.2. The molecule has 0 atom stereocenters. The van der Waals surface area contributed by atoms with Gasteiger partial charge in [0, 0.05) is 25.7 Å². The molecule has 1 aliphatic heterocycles. The molecule has 0 N–H and O–H groups in total. The van der Waals surface area contributed by atoms with E-state index in [1.807, 2.05) is 60.3 Å². The zero-order valence-corrected chi connectivity index (χ0v) is 46.6. The van der Waals surface area contributed by atoms with E-state index in [0.717, 1.165) is 59.2 Å². The molecule has 378 valence electrons. The van der Waals surface area contributed by atoms with E-state index in [-0.39, 0.29) is 16.4 Å². The maximum atomic E-state index is 8.92. The van der Waals surface area contributed by atoms with Gasteiger partial charge in [0.15, 0.2) is 0 Å². The summed E-state index contributed by atoms with van der Waals surface area (Å²) in [6.07, 6.45) is 1.71. The molecule has 1 spiro atoms. The third-order valence-electron chi connectivity index (χ3n) is 15.6. The minimum absolute atomic E-state index is 0.0537. The van der Waals surface area contributed by atoms with Crippen molar-refractivity contribution in [3.8, 4) is 50.9 Å². The Bertz CT molecular complexity index is 4520. The summed E-state index contributed by atoms with van der Waals surface area (Å²) in [5, 5.41) is 1.92. The number of hydrogen-bond acceptors (Lipinski definition) is 3. The van der Waals surface area contributed by atoms with Crippen LogP contribution in [0.5, 0.6) is 11.5 Å². The molecule has 1 aliphatic carbocycles. The number of nitrogens with zero attached hydrogens (tertiary/aromatic N) is 4. The van der Waals surface area contributed by atoms with Crippen molar-refractivity contribution in [2.75, 3.05) is 0 Å². The molecular weight excluding hydrogens is 1140 g/mol. The van der Waals surface area contributed by atoms with E-state index in [1.54, 1.807) is 12.3 Å². The molecule has 2 aliphatic rings. The molecule has 4 heterocycles. The fourth-order valence-electron chi connectivity index (χ4n) is 11.9. The zero-order chi connectivity index (χ0) is 55.0. The Hall–Kier alpha value is -7.76. The summed E-state index contributed by atoms with van der Waals surface area (Å²) in [5.74, 6) is 1.46. The van der Waals surface area contributed by atoms with Crippen LogP contribution in [0.25, 0.3) is 72.3 Å². The fourth-order valence-corrected chi connectivity index (χ4v) is 14.2. The molecule has 0 bridgehead atoms. The number of fused-ring (bicyclic) bond motifs is 13. The first-order valence-corrected chi connectivity index (χ1v) is 28.0. The summed E-state index contributed by atoms with van der Waals surface area (Å²) in [5.41, 5.74) is 16.2. The molecule has 9 aromatic carbocycles. The third kappa shape index (κ3) is 7.47. The predicted molar refractivity (Wildman–Crippen MR) is 311 cm³/mol. The molecule has 0 unspecified atom stereocenters. The van der Waals surface area contributed by atoms with Crippen LogP contribution >= 0.6 is 11.8 Å². The van der Waals surface area contributed by atoms with E-state index in [4.69, 9.17) is 13.8 Å². The first kappa shape index (κ1) is 44.4. The number of pyridine rings is 1. The van der Waals surface area contributed by atoms with Gasteiger partial charge in [-0.3, -0.25) is 0 Å². The van der Waals surface area contributed by atoms with Crippen molar-refractivity contribution in [3.05, 3.63) is 255 Å². The van der Waals surface area contributed by atoms with Crippen LogP contribution in [-0.4, -0.2) is 18.7 Å². The Kier molecular flexibility index (Phi) is 10.2. The number of para-hydroxylation sites is 2. The van der Waals surface area contributed by atoms with E-state index in [0.29, 0.717) is 28.4 Å². The van der Waals surface area contributed by atoms with E-state index >= 15 is 0 Å². The van der Waals surface area contributed by atoms with Crippen LogP contribution < -0.4 is 4.74 Å². The third-order valence-corrected chi connectivity index (χ3v) is 17.8. The molecule has 0 saturated carbocycles. The molecule has 7 heteroatoms. The van der Waals surface area contributed by atoms with Gasteiger partial charge in [0.05, 0.1) is 5.41 Å². The number of ether oxygens (including phenoxy) is 1. The average molecular weight is 1200 g/mol. The second kappa shape index (κ2) is 17.6. The molecule has 0 fully saturated rings. The number of imidazole rings is 1. The summed E-state index contributed by atoms with van der Waals surface area (Å²) in [6, 6.07) is 75.5. The van der Waals surface area contributed by atoms with Gasteiger partial charge in [0.2, 0.25) is 0 Å². The van der Waals surface area contributed by atoms with Gasteiger partial charge >= 0.3 is 275 Å². The van der Waals surface area contributed by atoms with E-state index in [2.05, 4.69) is 226 Å². The summed E-state index contributed by atoms with van der Waals surface area (Å²) in [7, 11) is 0. The topological polar surface area (TPSA) is 36.9 Å². The molecule has 3 aromatic heterocycles. The minimum Gasteiger partial charge on any atom is -0.0894 e. The van der Waals surface area contributed by atoms with Crippen LogP contribution in [0.3, 0.4) is 0 Å². The van der Waals surface area contributed by atoms with Crippen molar-refractivity contribution in [2.45, 2.75) is 74.4 Å². The van der Waals surface area contributed by atoms with Gasteiger partial charge in [-0.05, 0) is 63.5 Å². The molecule has 0 radical (unpaired) electrons. The number of aromatic nitrogens is 4. The Balaban J connectivity index is 0.964. The van der Waals surface area contributed by atoms with Crippen molar-refractivity contribution in [1.82, 2.24) is 18.7 Å². The summed E-state index contributed by atoms with van der Waals surface area (Å²) >= 11 is 4.27. The van der Waals surface area contributed by atoms with Gasteiger partial charge in [-0.1, -0.05) is 103 Å². The van der Waals surface area contributed by atoms with Gasteiger partial charge < -0.3 is 0 Å². The smallest absolute Gasteiger partial charge is 0.0894 e. The molecule has 14 rings (SSSR count). The van der Waals surface area contributed by atoms with Crippen LogP contribution in [0.4, 0.5) is 0 Å². The van der Waals surface area contributed by atoms with Crippen molar-refractivity contribution < 1.29 is 28.2 Å². The first-order valence-electron chi connectivity index (χ1n) is 27.6. The maximum absolute atomic E-state index is 8.92. The number of aryl methyl sites for hydroxylation is 1. The van der Waals surface area contributed by atoms with E-state index in [9.17, 15) is 0 Å². The SMILES string of the molecule is [2H]C([2H])([2H])c1cc(-n2c3[c-]c(Oc4[c-]c(-n5[c](=[Pt])n(-c6cc(C(C)(C)C)cc(C(C)(C)C)c6)c6ccccc65)ccc4)ccc3c3cc4c(cc32)C2(c3ccccc3Sc3ccccc32)c2ccccc2-4)ncc1-c1ccccc1. The minimum atomic E-state index is -2.45. The Morgan fingerprint density at radius 3 is 1.87 bits per heavy atom. The number of benzene rings is 9. The van der Waals surface area contributed by atoms with E-state index in [1.165, 1.54) is 43.2 Å². The van der Waals surface area contributed by atoms with Crippen LogP contribution in [0.1, 0.15) is 84.6 Å². The average Bonchev–Trinajstić information content (AvgIpc) is 4.20. The fraction of sp³-hybridized carbons (Fsp3) is 0.143. The normalized spacial score (nSPS) is 14.3. The van der Waals surface area contributed by atoms with Gasteiger partial charge in [-0.25, -0.2) is 0 Å². The molecule has 5 nitrogen and oxygen atoms in total. The number of rotatable bonds is 6. The molecular formula is C70H54N4OPtS-2. The summed E-state index contributed by atoms with van der Waals surface area (Å²) < 4.78 is 41.3. The number of hydrogen-bond donors (Lipinski definition) is 0. The van der Waals surface area contributed by atoms with Gasteiger partial charge in [-0.2, -0.15) is 0 Å². The molecule has 12 aromatic rings. The first-order chi connectivity index (χ1) is 38.5. The van der Waals surface area contributed by atoms with Crippen molar-refractivity contribution in [2.24, 2.45) is 0 Å². The summed E-state index contributed by atoms with van der Waals surface area (Å²) in [4.78, 5) is 7.59. The van der Waals surface area contributed by atoms with Gasteiger partial charge in [0.1, 0.15) is 0 Å². The van der Waals surface area contributed by atoms with Crippen LogP contribution in [0, 0.1) is 22.8 Å². The van der Waals surface area contributed by atoms with Gasteiger partial charge in [-0.15, -0.1) is 0 Å². The zero-order valence-electron chi connectivity index (χ0n) is 46.5. The second-order valence-corrected chi connectivity index (χ2v) is 24.5. The van der Waals surface area contributed by atoms with Crippen LogP contribution in [0.2, 0.25) is 0 Å². The molecule has 77 heavy (non-hydrogen) atoms. The van der Waals surface area contributed by atoms with Gasteiger partial charge in [0.25, 0.3) is 0 Å². The van der Waals surface area contributed by atoms with Crippen molar-refractivity contribution >= 4 is 44.6 Å². The van der Waals surface area contributed by atoms with Crippen molar-refractivity contribution in [1.29, 1.82) is 0 Å². The predicted octanol–water partition coefficient (Wildman–Crippen LogP) is 17.8. The quantitative estimate of drug-likeness (QED) is 0.156. The van der Waals surface area contributed by atoms with Crippen LogP contribution in [-0.2, 0) is 35.6 Å². The monoisotopic (exact) mass is 1200 g/mol. The Morgan fingerprint density at radius 2 is 1.17 bits per heavy atom. The standard InChI is InChI=1S/C70H54N4OS.Pt/c1-44-34-67(71-42-56(44)45-20-9-8-10-21-45)74-63-39-51(75-50-23-19-22-48(38-50)72-43-73(62-29-16-15-28-61(62)72)49-36-46(68(2,3)4)35-47(37-49)69(5,6)7)32-33-53(63)55-40-54-52-24-11-12-25-57(52)70(60(54)41-64(55)74)58-26-13-17-30-65(58)76-66-31-18-14-27-59(66)70;/h8-37,40-42H,1-7H3;/q-2;/i1D3;. The van der Waals surface area contributed by atoms with E-state index < -0.39 is 12.3 Å².